The number of hydrogen-bond donors (Lipinski definition) is 3. The lowest BCUT2D eigenvalue weighted by molar-refractivity contribution is 0.0940. The van der Waals surface area contributed by atoms with Crippen LogP contribution in [0, 0.1) is 0 Å². The second-order valence-corrected chi connectivity index (χ2v) is 4.41. The molecule has 2 rings (SSSR count). The van der Waals surface area contributed by atoms with Gasteiger partial charge in [-0.25, -0.2) is 0 Å². The number of phenols is 1. The largest absolute Gasteiger partial charge is 0.508 e. The second-order valence-electron chi connectivity index (χ2n) is 4.41. The predicted molar refractivity (Wildman–Crippen MR) is 74.8 cm³/mol. The summed E-state index contributed by atoms with van der Waals surface area (Å²) in [6.45, 7) is 1.90. The third-order valence-corrected chi connectivity index (χ3v) is 2.89. The maximum absolute atomic E-state index is 12.0. The number of carbonyl (C=O) groups excluding carboxylic acids is 1. The zero-order valence-electron chi connectivity index (χ0n) is 10.6. The molecule has 0 saturated heterocycles. The summed E-state index contributed by atoms with van der Waals surface area (Å²) in [7, 11) is 0. The van der Waals surface area contributed by atoms with E-state index in [4.69, 9.17) is 5.73 Å². The first-order valence-corrected chi connectivity index (χ1v) is 6.01. The monoisotopic (exact) mass is 256 g/mol. The van der Waals surface area contributed by atoms with Gasteiger partial charge < -0.3 is 16.2 Å². The Kier molecular flexibility index (Phi) is 3.71. The van der Waals surface area contributed by atoms with Crippen molar-refractivity contribution in [1.29, 1.82) is 0 Å². The van der Waals surface area contributed by atoms with Gasteiger partial charge in [-0.1, -0.05) is 12.1 Å². The average molecular weight is 256 g/mol. The number of nitrogens with one attached hydrogen (secondary N) is 1. The highest BCUT2D eigenvalue weighted by Gasteiger charge is 2.11. The fraction of sp³-hybridized carbons (Fsp3) is 0.133. The Morgan fingerprint density at radius 3 is 2.53 bits per heavy atom. The summed E-state index contributed by atoms with van der Waals surface area (Å²) in [6, 6.07) is 13.4. The van der Waals surface area contributed by atoms with Crippen LogP contribution in [0.4, 0.5) is 5.69 Å². The number of anilines is 1. The first-order valence-electron chi connectivity index (χ1n) is 6.01. The Morgan fingerprint density at radius 2 is 1.89 bits per heavy atom. The van der Waals surface area contributed by atoms with Gasteiger partial charge in [0.15, 0.2) is 0 Å². The van der Waals surface area contributed by atoms with Gasteiger partial charge in [0, 0.05) is 11.3 Å². The molecule has 2 aromatic carbocycles. The maximum Gasteiger partial charge on any atom is 0.251 e. The van der Waals surface area contributed by atoms with E-state index < -0.39 is 0 Å². The van der Waals surface area contributed by atoms with Crippen LogP contribution in [0.2, 0.25) is 0 Å². The molecule has 1 unspecified atom stereocenters. The number of nitrogen functional groups attached to an aromatic ring is 1. The van der Waals surface area contributed by atoms with Gasteiger partial charge in [-0.3, -0.25) is 4.79 Å². The van der Waals surface area contributed by atoms with Crippen LogP contribution in [0.5, 0.6) is 5.75 Å². The molecule has 0 aliphatic heterocycles. The van der Waals surface area contributed by atoms with Gasteiger partial charge in [-0.05, 0) is 48.9 Å². The normalized spacial score (nSPS) is 11.8. The van der Waals surface area contributed by atoms with Crippen LogP contribution in [0.15, 0.2) is 48.5 Å². The average Bonchev–Trinajstić information content (AvgIpc) is 2.39. The smallest absolute Gasteiger partial charge is 0.251 e. The molecule has 0 saturated carbocycles. The van der Waals surface area contributed by atoms with Gasteiger partial charge in [0.05, 0.1) is 6.04 Å². The first kappa shape index (κ1) is 13.0. The molecule has 0 aromatic heterocycles. The van der Waals surface area contributed by atoms with E-state index in [1.54, 1.807) is 18.2 Å². The lowest BCUT2D eigenvalue weighted by Gasteiger charge is -2.14. The van der Waals surface area contributed by atoms with Crippen LogP contribution in [0.25, 0.3) is 0 Å². The number of carbonyl (C=O) groups is 1. The third-order valence-electron chi connectivity index (χ3n) is 2.89. The number of amides is 1. The van der Waals surface area contributed by atoms with E-state index in [-0.39, 0.29) is 17.7 Å². The van der Waals surface area contributed by atoms with Crippen molar-refractivity contribution in [3.8, 4) is 5.75 Å². The summed E-state index contributed by atoms with van der Waals surface area (Å²) >= 11 is 0. The van der Waals surface area contributed by atoms with Crippen molar-refractivity contribution in [2.24, 2.45) is 0 Å². The molecule has 2 aromatic rings. The van der Waals surface area contributed by atoms with Crippen molar-refractivity contribution in [2.75, 3.05) is 5.73 Å². The molecule has 0 bridgehead atoms. The minimum atomic E-state index is -0.185. The summed E-state index contributed by atoms with van der Waals surface area (Å²) in [5.41, 5.74) is 7.84. The molecule has 0 spiro atoms. The molecule has 1 atom stereocenters. The molecule has 19 heavy (non-hydrogen) atoms. The van der Waals surface area contributed by atoms with Crippen LogP contribution < -0.4 is 11.1 Å². The molecule has 4 N–H and O–H groups in total. The Morgan fingerprint density at radius 1 is 1.21 bits per heavy atom. The van der Waals surface area contributed by atoms with Crippen molar-refractivity contribution in [1.82, 2.24) is 5.32 Å². The lowest BCUT2D eigenvalue weighted by atomic mass is 10.1. The van der Waals surface area contributed by atoms with E-state index in [1.807, 2.05) is 25.1 Å². The number of benzene rings is 2. The van der Waals surface area contributed by atoms with E-state index >= 15 is 0 Å². The first-order chi connectivity index (χ1) is 9.06. The standard InChI is InChI=1S/C15H16N2O2/c1-10(12-3-2-4-13(16)9-12)17-15(19)11-5-7-14(18)8-6-11/h2-10,18H,16H2,1H3,(H,17,19). The second kappa shape index (κ2) is 5.44. The number of nitrogens with two attached hydrogens (primary N) is 1. The van der Waals surface area contributed by atoms with Crippen LogP contribution in [-0.2, 0) is 0 Å². The highest BCUT2D eigenvalue weighted by Crippen LogP contribution is 2.16. The Balaban J connectivity index is 2.08. The molecule has 0 heterocycles. The summed E-state index contributed by atoms with van der Waals surface area (Å²) in [5.74, 6) is -0.0460. The summed E-state index contributed by atoms with van der Waals surface area (Å²) in [6.07, 6.45) is 0. The van der Waals surface area contributed by atoms with Crippen LogP contribution in [0.3, 0.4) is 0 Å². The quantitative estimate of drug-likeness (QED) is 0.738. The van der Waals surface area contributed by atoms with Gasteiger partial charge in [0.25, 0.3) is 5.91 Å². The summed E-state index contributed by atoms with van der Waals surface area (Å²) in [4.78, 5) is 12.0. The molecular weight excluding hydrogens is 240 g/mol. The van der Waals surface area contributed by atoms with Crippen molar-refractivity contribution in [3.63, 3.8) is 0 Å². The molecule has 4 nitrogen and oxygen atoms in total. The van der Waals surface area contributed by atoms with E-state index in [0.29, 0.717) is 11.3 Å². The highest BCUT2D eigenvalue weighted by molar-refractivity contribution is 5.94. The maximum atomic E-state index is 12.0. The molecule has 0 aliphatic rings. The molecule has 0 radical (unpaired) electrons. The highest BCUT2D eigenvalue weighted by atomic mass is 16.3. The summed E-state index contributed by atoms with van der Waals surface area (Å²) in [5, 5.41) is 12.1. The van der Waals surface area contributed by atoms with Gasteiger partial charge in [0.1, 0.15) is 5.75 Å². The fourth-order valence-electron chi connectivity index (χ4n) is 1.80. The molecule has 0 fully saturated rings. The van der Waals surface area contributed by atoms with Crippen LogP contribution in [-0.4, -0.2) is 11.0 Å². The number of phenolic OH excluding ortho intramolecular Hbond substituents is 1. The minimum Gasteiger partial charge on any atom is -0.508 e. The van der Waals surface area contributed by atoms with Crippen molar-refractivity contribution >= 4 is 11.6 Å². The number of hydrogen-bond acceptors (Lipinski definition) is 3. The van der Waals surface area contributed by atoms with Crippen LogP contribution in [0.1, 0.15) is 28.9 Å². The zero-order valence-corrected chi connectivity index (χ0v) is 10.6. The molecule has 1 amide bonds. The Hall–Kier alpha value is -2.49. The van der Waals surface area contributed by atoms with E-state index in [1.165, 1.54) is 12.1 Å². The lowest BCUT2D eigenvalue weighted by Crippen LogP contribution is -2.26. The van der Waals surface area contributed by atoms with Crippen molar-refractivity contribution in [3.05, 3.63) is 59.7 Å². The number of rotatable bonds is 3. The SMILES string of the molecule is CC(NC(=O)c1ccc(O)cc1)c1cccc(N)c1. The van der Waals surface area contributed by atoms with Crippen molar-refractivity contribution in [2.45, 2.75) is 13.0 Å². The third kappa shape index (κ3) is 3.25. The molecule has 98 valence electrons. The van der Waals surface area contributed by atoms with Gasteiger partial charge in [0.2, 0.25) is 0 Å². The Bertz CT molecular complexity index is 579. The van der Waals surface area contributed by atoms with Crippen molar-refractivity contribution < 1.29 is 9.90 Å². The molecular formula is C15H16N2O2. The zero-order chi connectivity index (χ0) is 13.8. The molecule has 4 heteroatoms. The van der Waals surface area contributed by atoms with E-state index in [0.717, 1.165) is 5.56 Å². The van der Waals surface area contributed by atoms with E-state index in [2.05, 4.69) is 5.32 Å². The van der Waals surface area contributed by atoms with E-state index in [9.17, 15) is 9.90 Å². The minimum absolute atomic E-state index is 0.134. The fourth-order valence-corrected chi connectivity index (χ4v) is 1.80. The number of aromatic hydroxyl groups is 1. The molecule has 0 aliphatic carbocycles. The van der Waals surface area contributed by atoms with Crippen LogP contribution >= 0.6 is 0 Å². The predicted octanol–water partition coefficient (Wildman–Crippen LogP) is 2.47. The Labute approximate surface area is 111 Å². The van der Waals surface area contributed by atoms with Gasteiger partial charge in [-0.15, -0.1) is 0 Å². The summed E-state index contributed by atoms with van der Waals surface area (Å²) < 4.78 is 0. The topological polar surface area (TPSA) is 75.3 Å². The van der Waals surface area contributed by atoms with Gasteiger partial charge >= 0.3 is 0 Å². The van der Waals surface area contributed by atoms with Gasteiger partial charge in [-0.2, -0.15) is 0 Å².